The lowest BCUT2D eigenvalue weighted by Crippen LogP contribution is -2.31. The quantitative estimate of drug-likeness (QED) is 0.771. The van der Waals surface area contributed by atoms with Crippen molar-refractivity contribution in [2.75, 3.05) is 13.2 Å². The van der Waals surface area contributed by atoms with Crippen LogP contribution in [-0.2, 0) is 16.9 Å². The Hall–Kier alpha value is -1.00. The van der Waals surface area contributed by atoms with E-state index >= 15 is 0 Å². The van der Waals surface area contributed by atoms with E-state index in [0.29, 0.717) is 6.61 Å². The maximum atomic E-state index is 5.89. The van der Waals surface area contributed by atoms with Crippen molar-refractivity contribution in [2.24, 2.45) is 0 Å². The van der Waals surface area contributed by atoms with Crippen LogP contribution >= 0.6 is 0 Å². The van der Waals surface area contributed by atoms with Gasteiger partial charge in [0.15, 0.2) is 5.82 Å². The van der Waals surface area contributed by atoms with Gasteiger partial charge < -0.3 is 10.1 Å². The fourth-order valence-corrected chi connectivity index (χ4v) is 2.06. The van der Waals surface area contributed by atoms with Gasteiger partial charge in [0.25, 0.3) is 0 Å². The van der Waals surface area contributed by atoms with Crippen LogP contribution in [0.3, 0.4) is 0 Å². The molecule has 0 fully saturated rings. The predicted molar refractivity (Wildman–Crippen MR) is 73.3 cm³/mol. The molecule has 1 heterocycles. The van der Waals surface area contributed by atoms with Crippen LogP contribution in [0, 0.1) is 0 Å². The van der Waals surface area contributed by atoms with E-state index in [0.717, 1.165) is 37.3 Å². The third kappa shape index (κ3) is 3.50. The Morgan fingerprint density at radius 3 is 2.17 bits per heavy atom. The van der Waals surface area contributed by atoms with Crippen LogP contribution in [0.1, 0.15) is 51.9 Å². The molecule has 0 atom stereocenters. The van der Waals surface area contributed by atoms with E-state index in [1.165, 1.54) is 0 Å². The molecule has 102 valence electrons. The van der Waals surface area contributed by atoms with E-state index in [-0.39, 0.29) is 5.60 Å². The lowest BCUT2D eigenvalue weighted by molar-refractivity contribution is -0.0572. The first-order chi connectivity index (χ1) is 8.72. The molecule has 18 heavy (non-hydrogen) atoms. The maximum Gasteiger partial charge on any atom is 0.160 e. The lowest BCUT2D eigenvalue weighted by Gasteiger charge is -2.29. The summed E-state index contributed by atoms with van der Waals surface area (Å²) in [6.45, 7) is 10.8. The zero-order valence-corrected chi connectivity index (χ0v) is 12.0. The SMILES string of the molecule is CCNCc1cnc(C(CC)(CC)OCC)nc1. The summed E-state index contributed by atoms with van der Waals surface area (Å²) in [6.07, 6.45) is 5.57. The van der Waals surface area contributed by atoms with Gasteiger partial charge in [-0.1, -0.05) is 20.8 Å². The van der Waals surface area contributed by atoms with E-state index in [2.05, 4.69) is 36.1 Å². The summed E-state index contributed by atoms with van der Waals surface area (Å²) in [6, 6.07) is 0. The van der Waals surface area contributed by atoms with Crippen LogP contribution in [0.15, 0.2) is 12.4 Å². The minimum atomic E-state index is -0.328. The van der Waals surface area contributed by atoms with Gasteiger partial charge in [0, 0.05) is 31.1 Å². The van der Waals surface area contributed by atoms with Crippen molar-refractivity contribution in [2.45, 2.75) is 52.7 Å². The highest BCUT2D eigenvalue weighted by molar-refractivity contribution is 5.09. The molecule has 1 aromatic heterocycles. The largest absolute Gasteiger partial charge is 0.367 e. The molecular weight excluding hydrogens is 226 g/mol. The Morgan fingerprint density at radius 2 is 1.72 bits per heavy atom. The molecule has 1 aromatic rings. The average molecular weight is 251 g/mol. The zero-order chi connectivity index (χ0) is 13.4. The van der Waals surface area contributed by atoms with Crippen LogP contribution in [0.5, 0.6) is 0 Å². The monoisotopic (exact) mass is 251 g/mol. The fourth-order valence-electron chi connectivity index (χ4n) is 2.06. The number of nitrogens with one attached hydrogen (secondary N) is 1. The number of nitrogens with zero attached hydrogens (tertiary/aromatic N) is 2. The summed E-state index contributed by atoms with van der Waals surface area (Å²) < 4.78 is 5.89. The van der Waals surface area contributed by atoms with Crippen molar-refractivity contribution >= 4 is 0 Å². The van der Waals surface area contributed by atoms with E-state index < -0.39 is 0 Å². The lowest BCUT2D eigenvalue weighted by atomic mass is 9.96. The summed E-state index contributed by atoms with van der Waals surface area (Å²) in [7, 11) is 0. The van der Waals surface area contributed by atoms with Crippen LogP contribution in [-0.4, -0.2) is 23.1 Å². The molecule has 4 heteroatoms. The third-order valence-electron chi connectivity index (χ3n) is 3.25. The Kier molecular flexibility index (Phi) is 6.22. The topological polar surface area (TPSA) is 47.0 Å². The fraction of sp³-hybridized carbons (Fsp3) is 0.714. The van der Waals surface area contributed by atoms with Crippen LogP contribution in [0.2, 0.25) is 0 Å². The van der Waals surface area contributed by atoms with Crippen LogP contribution < -0.4 is 5.32 Å². The predicted octanol–water partition coefficient (Wildman–Crippen LogP) is 2.64. The molecule has 0 aliphatic heterocycles. The number of hydrogen-bond donors (Lipinski definition) is 1. The van der Waals surface area contributed by atoms with Crippen LogP contribution in [0.4, 0.5) is 0 Å². The van der Waals surface area contributed by atoms with E-state index in [4.69, 9.17) is 4.74 Å². The highest BCUT2D eigenvalue weighted by atomic mass is 16.5. The summed E-state index contributed by atoms with van der Waals surface area (Å²) >= 11 is 0. The normalized spacial score (nSPS) is 11.8. The molecule has 0 unspecified atom stereocenters. The summed E-state index contributed by atoms with van der Waals surface area (Å²) in [5.74, 6) is 0.801. The number of rotatable bonds is 8. The Bertz CT molecular complexity index is 333. The van der Waals surface area contributed by atoms with Crippen molar-refractivity contribution in [3.8, 4) is 0 Å². The number of ether oxygens (including phenoxy) is 1. The Balaban J connectivity index is 2.86. The summed E-state index contributed by atoms with van der Waals surface area (Å²) in [4.78, 5) is 8.98. The smallest absolute Gasteiger partial charge is 0.160 e. The molecular formula is C14H25N3O. The molecule has 1 N–H and O–H groups in total. The maximum absolute atomic E-state index is 5.89. The standard InChI is InChI=1S/C14H25N3O/c1-5-14(6-2,18-8-4)13-16-10-12(11-17-13)9-15-7-3/h10-11,15H,5-9H2,1-4H3. The third-order valence-corrected chi connectivity index (χ3v) is 3.25. The molecule has 1 rings (SSSR count). The molecule has 0 radical (unpaired) electrons. The highest BCUT2D eigenvalue weighted by Crippen LogP contribution is 2.30. The van der Waals surface area contributed by atoms with Crippen molar-refractivity contribution in [3.05, 3.63) is 23.8 Å². The average Bonchev–Trinajstić information content (AvgIpc) is 2.43. The van der Waals surface area contributed by atoms with Crippen LogP contribution in [0.25, 0.3) is 0 Å². The minimum Gasteiger partial charge on any atom is -0.367 e. The molecule has 0 aromatic carbocycles. The van der Waals surface area contributed by atoms with E-state index in [9.17, 15) is 0 Å². The van der Waals surface area contributed by atoms with Crippen molar-refractivity contribution < 1.29 is 4.74 Å². The molecule has 0 aliphatic rings. The van der Waals surface area contributed by atoms with Gasteiger partial charge in [-0.15, -0.1) is 0 Å². The zero-order valence-electron chi connectivity index (χ0n) is 12.0. The second-order valence-electron chi connectivity index (χ2n) is 4.33. The first kappa shape index (κ1) is 15.1. The Morgan fingerprint density at radius 1 is 1.11 bits per heavy atom. The van der Waals surface area contributed by atoms with Gasteiger partial charge in [0.05, 0.1) is 0 Å². The minimum absolute atomic E-state index is 0.328. The Labute approximate surface area is 110 Å². The van der Waals surface area contributed by atoms with Gasteiger partial charge in [0.2, 0.25) is 0 Å². The van der Waals surface area contributed by atoms with Gasteiger partial charge in [-0.05, 0) is 26.3 Å². The van der Waals surface area contributed by atoms with Crippen molar-refractivity contribution in [1.29, 1.82) is 0 Å². The van der Waals surface area contributed by atoms with Crippen molar-refractivity contribution in [3.63, 3.8) is 0 Å². The van der Waals surface area contributed by atoms with Gasteiger partial charge in [-0.3, -0.25) is 0 Å². The van der Waals surface area contributed by atoms with E-state index in [1.54, 1.807) is 0 Å². The van der Waals surface area contributed by atoms with Gasteiger partial charge in [-0.25, -0.2) is 9.97 Å². The number of hydrogen-bond acceptors (Lipinski definition) is 4. The second kappa shape index (κ2) is 7.44. The van der Waals surface area contributed by atoms with Crippen molar-refractivity contribution in [1.82, 2.24) is 15.3 Å². The van der Waals surface area contributed by atoms with E-state index in [1.807, 2.05) is 19.3 Å². The summed E-state index contributed by atoms with van der Waals surface area (Å²) in [5.41, 5.74) is 0.782. The molecule has 0 aliphatic carbocycles. The molecule has 0 saturated carbocycles. The number of aromatic nitrogens is 2. The molecule has 4 nitrogen and oxygen atoms in total. The second-order valence-corrected chi connectivity index (χ2v) is 4.33. The molecule has 0 saturated heterocycles. The van der Waals surface area contributed by atoms with Gasteiger partial charge in [-0.2, -0.15) is 0 Å². The molecule has 0 bridgehead atoms. The van der Waals surface area contributed by atoms with Gasteiger partial charge in [0.1, 0.15) is 5.60 Å². The highest BCUT2D eigenvalue weighted by Gasteiger charge is 2.31. The van der Waals surface area contributed by atoms with Gasteiger partial charge >= 0.3 is 0 Å². The summed E-state index contributed by atoms with van der Waals surface area (Å²) in [5, 5.41) is 3.26. The molecule has 0 spiro atoms. The first-order valence-electron chi connectivity index (χ1n) is 6.88. The first-order valence-corrected chi connectivity index (χ1v) is 6.88. The molecule has 0 amide bonds.